The lowest BCUT2D eigenvalue weighted by molar-refractivity contribution is -0.204. The molecule has 3 amide bonds. The fourth-order valence-electron chi connectivity index (χ4n) is 17.9. The number of hydrogen-bond donors (Lipinski definition) is 11. The van der Waals surface area contributed by atoms with E-state index in [0.29, 0.717) is 76.0 Å². The molecule has 3 aromatic heterocycles. The zero-order chi connectivity index (χ0) is 76.9. The Morgan fingerprint density at radius 1 is 0.907 bits per heavy atom. The Morgan fingerprint density at radius 2 is 1.65 bits per heavy atom. The molecule has 568 valence electrons. The Kier molecular flexibility index (Phi) is 23.9. The predicted molar refractivity (Wildman–Crippen MR) is 397 cm³/mol. The molecule has 107 heavy (non-hydrogen) atoms. The number of aliphatic carboxylic acids is 2. The number of methoxy groups -OCH3 is 1. The van der Waals surface area contributed by atoms with Crippen LogP contribution in [0.1, 0.15) is 129 Å². The number of aromatic nitrogens is 5. The van der Waals surface area contributed by atoms with Crippen LogP contribution in [0.4, 0.5) is 16.4 Å². The topological polar surface area (TPSA) is 432 Å². The predicted octanol–water partition coefficient (Wildman–Crippen LogP) is 4.97. The number of para-hydroxylation sites is 1. The van der Waals surface area contributed by atoms with Crippen LogP contribution in [-0.2, 0) is 68.4 Å². The van der Waals surface area contributed by atoms with Crippen molar-refractivity contribution >= 4 is 103 Å². The van der Waals surface area contributed by atoms with E-state index in [1.54, 1.807) is 31.4 Å². The number of aliphatic hydroxyl groups is 3. The molecule has 6 aliphatic rings. The molecule has 3 fully saturated rings. The van der Waals surface area contributed by atoms with Gasteiger partial charge in [-0.25, -0.2) is 20.2 Å². The number of nitrogens with one attached hydrogen (secondary N) is 5. The van der Waals surface area contributed by atoms with Gasteiger partial charge in [0.15, 0.2) is 28.3 Å². The van der Waals surface area contributed by atoms with Gasteiger partial charge in [0.2, 0.25) is 11.9 Å². The fraction of sp³-hybridized carbons (Fsp3) is 0.500. The number of nitrogens with zero attached hydrogens (tertiary/aromatic N) is 6. The summed E-state index contributed by atoms with van der Waals surface area (Å²) < 4.78 is 11.9. The van der Waals surface area contributed by atoms with Crippen molar-refractivity contribution in [3.8, 4) is 18.1 Å². The van der Waals surface area contributed by atoms with E-state index >= 15 is 4.79 Å². The smallest absolute Gasteiger partial charge is 0.426 e. The standard InChI is InChI=1S/C75H90N12O15S2.CO2/c1-7-13-53(79-58(90)23-21-45(63(92)93)32-55(88)44-19-16-42(17-20-44)18-22-47-38-77-61-59(78-47)62(91)82-69(76)81-61)56(89)33-46(64(94)95)40-104-103-31-30-102-70(98)84-83-68(97)75(100)66-74(26-29-87-27-12-25-73(9-3,65(74)87)67(75)96)50-34-51(57(101-6)35-54(50)85(66)5)71(4)36-43-37-72(99,8-2)41-86(39-43)28-24-49-48-14-10-11-15-52(48)80-60(49)71;2-1-3/h1,10-12,14-17,19-20,25,34-35,38,43,45-46,53,65-67,80,96,99-100H,8-9,13,18,21-24,26-33,36-37,39-41H2,2-6H3,(H,79,90)(H,83,97)(H,84,98)(H,92,93)(H,94,95)(H3,76,77,81,82,91);/t43-,45+,46+,53-,65-,66+,67+,71+,72?,73+,74+,75-;/m0./s1. The number of carboxylic acids is 2. The van der Waals surface area contributed by atoms with Gasteiger partial charge >= 0.3 is 24.2 Å². The maximum absolute atomic E-state index is 15.2. The van der Waals surface area contributed by atoms with Crippen LogP contribution in [0.2, 0.25) is 0 Å². The lowest BCUT2D eigenvalue weighted by Gasteiger charge is -2.63. The first-order chi connectivity index (χ1) is 51.1. The first-order valence-corrected chi connectivity index (χ1v) is 38.3. The number of Topliss-reactive ketones (excluding diaryl/α,β-unsaturated/α-hetero) is 2. The second-order valence-electron chi connectivity index (χ2n) is 29.1. The first kappa shape index (κ1) is 78.6. The number of H-pyrrole nitrogens is 2. The van der Waals surface area contributed by atoms with Gasteiger partial charge in [-0.1, -0.05) is 90.1 Å². The van der Waals surface area contributed by atoms with Gasteiger partial charge in [-0.15, -0.1) is 12.3 Å². The first-order valence-electron chi connectivity index (χ1n) is 35.8. The van der Waals surface area contributed by atoms with Crippen LogP contribution in [-0.4, -0.2) is 208 Å². The second kappa shape index (κ2) is 32.5. The van der Waals surface area contributed by atoms with E-state index in [0.717, 1.165) is 80.1 Å². The van der Waals surface area contributed by atoms with Crippen LogP contribution in [0.25, 0.3) is 22.1 Å². The molecule has 0 radical (unpaired) electrons. The third kappa shape index (κ3) is 15.4. The number of aliphatic hydroxyl groups excluding tert-OH is 1. The fourth-order valence-corrected chi connectivity index (χ4v) is 20.1. The number of likely N-dealkylation sites (N-methyl/N-ethyl adjacent to an activating group) is 1. The number of benzene rings is 3. The molecule has 5 aliphatic heterocycles. The Hall–Kier alpha value is -9.51. The summed E-state index contributed by atoms with van der Waals surface area (Å²) in [5.74, 6) is -5.00. The molecule has 2 bridgehead atoms. The molecule has 6 aromatic rings. The number of ether oxygens (including phenoxy) is 2. The van der Waals surface area contributed by atoms with Crippen molar-refractivity contribution in [1.82, 2.24) is 50.9 Å². The number of piperidine rings is 1. The van der Waals surface area contributed by atoms with Crippen LogP contribution in [0.3, 0.4) is 0 Å². The molecule has 29 nitrogen and oxygen atoms in total. The van der Waals surface area contributed by atoms with Crippen molar-refractivity contribution in [3.05, 3.63) is 129 Å². The number of ketones is 2. The summed E-state index contributed by atoms with van der Waals surface area (Å²) in [6.45, 7) is 9.47. The van der Waals surface area contributed by atoms with E-state index in [1.165, 1.54) is 11.8 Å². The van der Waals surface area contributed by atoms with Crippen molar-refractivity contribution in [2.45, 2.75) is 151 Å². The van der Waals surface area contributed by atoms with E-state index in [1.807, 2.05) is 43.2 Å². The summed E-state index contributed by atoms with van der Waals surface area (Å²) in [6.07, 6.45) is 11.1. The van der Waals surface area contributed by atoms with E-state index < -0.39 is 117 Å². The van der Waals surface area contributed by atoms with Gasteiger partial charge in [0.1, 0.15) is 18.5 Å². The molecular weight excluding hydrogens is 1420 g/mol. The number of amides is 3. The number of aromatic amines is 2. The number of nitrogen functional groups attached to an aromatic ring is 1. The van der Waals surface area contributed by atoms with Crippen molar-refractivity contribution in [2.75, 3.05) is 75.6 Å². The number of aryl methyl sites for hydroxylation is 2. The number of anilines is 2. The van der Waals surface area contributed by atoms with Crippen molar-refractivity contribution in [3.63, 3.8) is 0 Å². The van der Waals surface area contributed by atoms with Gasteiger partial charge in [-0.05, 0) is 106 Å². The minimum absolute atomic E-state index is 0.0498. The highest BCUT2D eigenvalue weighted by Gasteiger charge is 2.79. The molecule has 1 saturated carbocycles. The van der Waals surface area contributed by atoms with E-state index in [2.05, 4.69) is 94.9 Å². The highest BCUT2D eigenvalue weighted by atomic mass is 33.1. The molecule has 1 aliphatic carbocycles. The molecule has 31 heteroatoms. The van der Waals surface area contributed by atoms with Gasteiger partial charge < -0.3 is 55.9 Å². The lowest BCUT2D eigenvalue weighted by Crippen LogP contribution is -2.82. The van der Waals surface area contributed by atoms with Crippen LogP contribution in [0, 0.1) is 35.5 Å². The molecule has 2 unspecified atom stereocenters. The molecule has 1 spiro atoms. The largest absolute Gasteiger partial charge is 0.496 e. The van der Waals surface area contributed by atoms with E-state index in [4.69, 9.17) is 31.2 Å². The zero-order valence-corrected chi connectivity index (χ0v) is 61.8. The van der Waals surface area contributed by atoms with Crippen LogP contribution < -0.4 is 37.1 Å². The lowest BCUT2D eigenvalue weighted by atomic mass is 9.47. The maximum Gasteiger partial charge on any atom is 0.426 e. The Labute approximate surface area is 624 Å². The highest BCUT2D eigenvalue weighted by Crippen LogP contribution is 2.67. The number of nitrogens with two attached hydrogens (primary N) is 1. The summed E-state index contributed by atoms with van der Waals surface area (Å²) in [5.41, 5.74) is 11.2. The minimum Gasteiger partial charge on any atom is -0.496 e. The van der Waals surface area contributed by atoms with Crippen LogP contribution in [0.15, 0.2) is 83.8 Å². The van der Waals surface area contributed by atoms with Crippen molar-refractivity contribution < 1.29 is 78.2 Å². The summed E-state index contributed by atoms with van der Waals surface area (Å²) in [4.78, 5) is 148. The number of carbonyl (C=O) groups excluding carboxylic acids is 7. The quantitative estimate of drug-likeness (QED) is 0.00810. The van der Waals surface area contributed by atoms with Gasteiger partial charge in [-0.3, -0.25) is 53.8 Å². The Morgan fingerprint density at radius 3 is 2.36 bits per heavy atom. The van der Waals surface area contributed by atoms with Gasteiger partial charge in [-0.2, -0.15) is 14.6 Å². The van der Waals surface area contributed by atoms with Gasteiger partial charge in [0, 0.05) is 132 Å². The number of terminal acetylenes is 1. The Bertz CT molecular complexity index is 4580. The summed E-state index contributed by atoms with van der Waals surface area (Å²) in [5, 5.41) is 62.5. The third-order valence-electron chi connectivity index (χ3n) is 22.8. The van der Waals surface area contributed by atoms with Crippen LogP contribution >= 0.6 is 21.6 Å². The molecular formula is C76H90N12O17S2. The molecule has 13 atom stereocenters. The summed E-state index contributed by atoms with van der Waals surface area (Å²) >= 11 is 0. The third-order valence-corrected chi connectivity index (χ3v) is 25.3. The average molecular weight is 1510 g/mol. The Balaban J connectivity index is 0.00000374. The number of hydrazine groups is 1. The molecule has 12 rings (SSSR count). The van der Waals surface area contributed by atoms with Gasteiger partial charge in [0.25, 0.3) is 11.5 Å². The molecule has 3 aromatic carbocycles. The van der Waals surface area contributed by atoms with Crippen molar-refractivity contribution in [1.29, 1.82) is 0 Å². The monoisotopic (exact) mass is 1510 g/mol. The number of hydrogen-bond acceptors (Lipinski definition) is 24. The second-order valence-corrected chi connectivity index (χ2v) is 31.7. The molecule has 12 N–H and O–H groups in total. The summed E-state index contributed by atoms with van der Waals surface area (Å²) in [6, 6.07) is 16.5. The average Bonchev–Trinajstić information content (AvgIpc) is 1.50. The number of fused-ring (bicyclic) bond motifs is 7. The molecule has 8 heterocycles. The summed E-state index contributed by atoms with van der Waals surface area (Å²) in [7, 11) is 5.72. The zero-order valence-electron chi connectivity index (χ0n) is 60.2. The van der Waals surface area contributed by atoms with E-state index in [9.17, 15) is 59.1 Å². The normalized spacial score (nSPS) is 26.1. The van der Waals surface area contributed by atoms with E-state index in [-0.39, 0.29) is 78.2 Å². The van der Waals surface area contributed by atoms with Crippen molar-refractivity contribution in [2.24, 2.45) is 23.2 Å². The number of carbonyl (C=O) groups is 7. The maximum atomic E-state index is 15.2. The number of carboxylic acid groups (broad SMARTS) is 2. The highest BCUT2D eigenvalue weighted by molar-refractivity contribution is 8.76. The van der Waals surface area contributed by atoms with Crippen LogP contribution in [0.5, 0.6) is 5.75 Å². The van der Waals surface area contributed by atoms with Gasteiger partial charge in [0.05, 0.1) is 48.5 Å². The number of rotatable bonds is 27. The SMILES string of the molecule is C#CC[C@H](NC(=O)CC[C@H](CC(=O)c1ccc(CCc2cnc3nc(N)[nH]c(=O)c3n2)cc1)C(=O)O)C(=O)C[C@H](CSSCCOC(=O)NNC(=O)[C@@]1(O)[C@H](O)[C@]2(CC)C=CCN3CC[C@@]4(c5cc([C@@]6(C)C[C@@H]7CN(CCc8c6[nH]c6ccccc86)CC(O)(CC)C7)c(OC)cc5N(C)[C@@H]14)[C@@H]32)C(=O)O.O=C=O. The minimum atomic E-state index is -2.56. The molecule has 2 saturated heterocycles.